The first-order chi connectivity index (χ1) is 20.1. The molecule has 7 nitrogen and oxygen atoms in total. The Kier molecular flexibility index (Phi) is 6.74. The van der Waals surface area contributed by atoms with Crippen molar-refractivity contribution in [3.63, 3.8) is 0 Å². The Morgan fingerprint density at radius 3 is 1.41 bits per heavy atom. The van der Waals surface area contributed by atoms with Gasteiger partial charge in [-0.2, -0.15) is 4.90 Å². The van der Waals surface area contributed by atoms with E-state index in [9.17, 15) is 9.59 Å². The lowest BCUT2D eigenvalue weighted by atomic mass is 10.2. The van der Waals surface area contributed by atoms with E-state index in [0.717, 1.165) is 31.0 Å². The van der Waals surface area contributed by atoms with Crippen molar-refractivity contribution in [1.82, 2.24) is 10.2 Å². The fourth-order valence-corrected chi connectivity index (χ4v) is 7.96. The van der Waals surface area contributed by atoms with Crippen molar-refractivity contribution in [3.05, 3.63) is 102 Å². The van der Waals surface area contributed by atoms with Gasteiger partial charge in [0, 0.05) is 26.0 Å². The highest BCUT2D eigenvalue weighted by molar-refractivity contribution is 8.00. The van der Waals surface area contributed by atoms with E-state index in [2.05, 4.69) is 17.1 Å². The largest absolute Gasteiger partial charge is 0.343 e. The Morgan fingerprint density at radius 1 is 0.634 bits per heavy atom. The monoisotopic (exact) mass is 593 g/mol. The highest BCUT2D eigenvalue weighted by atomic mass is 32.2. The van der Waals surface area contributed by atoms with E-state index in [1.807, 2.05) is 97.1 Å². The van der Waals surface area contributed by atoms with Crippen LogP contribution in [0.25, 0.3) is 0 Å². The lowest BCUT2D eigenvalue weighted by Gasteiger charge is -2.37. The van der Waals surface area contributed by atoms with E-state index in [1.165, 1.54) is 16.2 Å². The topological polar surface area (TPSA) is 69.6 Å². The maximum absolute atomic E-state index is 14.8. The predicted octanol–water partition coefficient (Wildman–Crippen LogP) is 9.14. The van der Waals surface area contributed by atoms with Crippen LogP contribution in [0, 0.1) is 0 Å². The first-order valence-corrected chi connectivity index (χ1v) is 15.6. The molecule has 3 heterocycles. The second-order valence-corrected chi connectivity index (χ2v) is 12.6. The van der Waals surface area contributed by atoms with Gasteiger partial charge in [0.25, 0.3) is 0 Å². The molecule has 0 saturated carbocycles. The molecule has 0 spiro atoms. The molecule has 0 bridgehead atoms. The lowest BCUT2D eigenvalue weighted by molar-refractivity contribution is 0.242. The third-order valence-electron chi connectivity index (χ3n) is 6.74. The minimum Gasteiger partial charge on any atom is -0.260 e. The van der Waals surface area contributed by atoms with E-state index in [-0.39, 0.29) is 5.13 Å². The van der Waals surface area contributed by atoms with E-state index in [0.29, 0.717) is 29.2 Å². The molecule has 0 aliphatic carbocycles. The highest BCUT2D eigenvalue weighted by Gasteiger charge is 2.41. The smallest absolute Gasteiger partial charge is 0.260 e. The quantitative estimate of drug-likeness (QED) is 0.208. The summed E-state index contributed by atoms with van der Waals surface area (Å²) in [5.41, 5.74) is 2.86. The molecule has 0 saturated heterocycles. The van der Waals surface area contributed by atoms with E-state index >= 15 is 0 Å². The van der Waals surface area contributed by atoms with Crippen LogP contribution >= 0.6 is 34.9 Å². The number of para-hydroxylation sites is 4. The number of fused-ring (bicyclic) bond motifs is 4. The summed E-state index contributed by atoms with van der Waals surface area (Å²) in [6.45, 7) is 2.06. The molecule has 7 rings (SSSR count). The fourth-order valence-electron chi connectivity index (χ4n) is 4.92. The van der Waals surface area contributed by atoms with Crippen LogP contribution in [0.2, 0.25) is 0 Å². The molecule has 41 heavy (non-hydrogen) atoms. The number of imide groups is 1. The molecule has 2 aliphatic heterocycles. The third-order valence-corrected chi connectivity index (χ3v) is 9.97. The summed E-state index contributed by atoms with van der Waals surface area (Å²) in [6.07, 6.45) is 1.59. The number of benzene rings is 4. The molecule has 1 aromatic heterocycles. The van der Waals surface area contributed by atoms with Crippen LogP contribution in [0.5, 0.6) is 0 Å². The van der Waals surface area contributed by atoms with Crippen molar-refractivity contribution in [2.24, 2.45) is 0 Å². The number of anilines is 5. The van der Waals surface area contributed by atoms with Gasteiger partial charge in [-0.1, -0.05) is 90.3 Å². The minimum atomic E-state index is -0.511. The number of carbonyl (C=O) groups is 2. The first-order valence-electron chi connectivity index (χ1n) is 13.2. The maximum Gasteiger partial charge on any atom is 0.343 e. The van der Waals surface area contributed by atoms with Gasteiger partial charge >= 0.3 is 12.1 Å². The molecule has 2 aliphatic rings. The normalized spacial score (nSPS) is 13.1. The zero-order valence-corrected chi connectivity index (χ0v) is 24.4. The summed E-state index contributed by atoms with van der Waals surface area (Å²) in [5.74, 6) is 0. The summed E-state index contributed by atoms with van der Waals surface area (Å²) in [4.78, 5) is 37.8. The SMILES string of the molecule is CCCc1nnc(N(C(=O)N2c3ccccc3Sc3ccccc32)C(=O)N2c3ccccc3Sc3ccccc32)s1. The molecule has 202 valence electrons. The van der Waals surface area contributed by atoms with Crippen molar-refractivity contribution in [1.29, 1.82) is 0 Å². The Bertz CT molecular complexity index is 1610. The summed E-state index contributed by atoms with van der Waals surface area (Å²) >= 11 is 4.48. The lowest BCUT2D eigenvalue weighted by Crippen LogP contribution is -2.50. The van der Waals surface area contributed by atoms with E-state index in [4.69, 9.17) is 0 Å². The van der Waals surface area contributed by atoms with Gasteiger partial charge in [0.05, 0.1) is 22.7 Å². The maximum atomic E-state index is 14.8. The summed E-state index contributed by atoms with van der Waals surface area (Å²) in [6, 6.07) is 30.0. The van der Waals surface area contributed by atoms with Gasteiger partial charge in [-0.15, -0.1) is 10.2 Å². The van der Waals surface area contributed by atoms with Gasteiger partial charge in [-0.3, -0.25) is 9.80 Å². The number of aromatic nitrogens is 2. The standard InChI is InChI=1S/C31H23N5O2S3/c1-2-11-28-32-33-29(41-28)36(30(37)34-20-12-3-7-16-24(20)39-25-17-8-4-13-21(25)34)31(38)35-22-14-5-9-18-26(22)40-27-19-10-6-15-23(27)35/h3-10,12-19H,2,11H2,1H3. The second kappa shape index (κ2) is 10.7. The average molecular weight is 594 g/mol. The van der Waals surface area contributed by atoms with Crippen LogP contribution < -0.4 is 14.7 Å². The van der Waals surface area contributed by atoms with Crippen molar-refractivity contribution >= 4 is 74.8 Å². The highest BCUT2D eigenvalue weighted by Crippen LogP contribution is 2.51. The molecule has 5 aromatic rings. The van der Waals surface area contributed by atoms with Gasteiger partial charge in [-0.05, 0) is 55.0 Å². The molecule has 4 amide bonds. The van der Waals surface area contributed by atoms with Crippen LogP contribution in [0.4, 0.5) is 37.5 Å². The van der Waals surface area contributed by atoms with Crippen LogP contribution in [-0.4, -0.2) is 22.3 Å². The Balaban J connectivity index is 1.40. The fraction of sp³-hybridized carbons (Fsp3) is 0.0968. The van der Waals surface area contributed by atoms with Gasteiger partial charge in [-0.25, -0.2) is 9.59 Å². The molecular formula is C31H23N5O2S3. The number of nitrogens with zero attached hydrogens (tertiary/aromatic N) is 5. The number of carbonyl (C=O) groups excluding carboxylic acids is 2. The van der Waals surface area contributed by atoms with E-state index < -0.39 is 12.1 Å². The van der Waals surface area contributed by atoms with Crippen LogP contribution in [0.1, 0.15) is 18.4 Å². The molecule has 0 atom stereocenters. The Hall–Kier alpha value is -4.12. The number of hydrogen-bond donors (Lipinski definition) is 0. The molecule has 0 fully saturated rings. The average Bonchev–Trinajstić information content (AvgIpc) is 3.46. The van der Waals surface area contributed by atoms with Crippen LogP contribution in [0.3, 0.4) is 0 Å². The van der Waals surface area contributed by atoms with Crippen molar-refractivity contribution in [3.8, 4) is 0 Å². The van der Waals surface area contributed by atoms with Crippen LogP contribution in [-0.2, 0) is 6.42 Å². The van der Waals surface area contributed by atoms with Gasteiger partial charge in [0.2, 0.25) is 5.13 Å². The molecule has 0 unspecified atom stereocenters. The Morgan fingerprint density at radius 2 is 1.02 bits per heavy atom. The summed E-state index contributed by atoms with van der Waals surface area (Å²) in [7, 11) is 0. The van der Waals surface area contributed by atoms with Crippen molar-refractivity contribution in [2.45, 2.75) is 39.3 Å². The second-order valence-electron chi connectivity index (χ2n) is 9.37. The number of rotatable bonds is 3. The minimum absolute atomic E-state index is 0.241. The number of hydrogen-bond acceptors (Lipinski definition) is 7. The van der Waals surface area contributed by atoms with Crippen LogP contribution in [0.15, 0.2) is 117 Å². The Labute approximate surface area is 249 Å². The van der Waals surface area contributed by atoms with Crippen molar-refractivity contribution < 1.29 is 9.59 Å². The third kappa shape index (κ3) is 4.48. The number of urea groups is 2. The zero-order chi connectivity index (χ0) is 27.9. The molecule has 4 aromatic carbocycles. The first kappa shape index (κ1) is 25.8. The molecule has 10 heteroatoms. The van der Waals surface area contributed by atoms with Crippen molar-refractivity contribution in [2.75, 3.05) is 14.7 Å². The summed E-state index contributed by atoms with van der Waals surface area (Å²) < 4.78 is 0. The molecule has 0 N–H and O–H groups in total. The predicted molar refractivity (Wildman–Crippen MR) is 165 cm³/mol. The van der Waals surface area contributed by atoms with Gasteiger partial charge in [0.1, 0.15) is 5.01 Å². The number of aryl methyl sites for hydroxylation is 1. The molecule has 0 radical (unpaired) electrons. The number of amides is 4. The van der Waals surface area contributed by atoms with Gasteiger partial charge < -0.3 is 0 Å². The molecular weight excluding hydrogens is 571 g/mol. The zero-order valence-electron chi connectivity index (χ0n) is 21.9. The van der Waals surface area contributed by atoms with Gasteiger partial charge in [0.15, 0.2) is 0 Å². The summed E-state index contributed by atoms with van der Waals surface area (Å²) in [5, 5.41) is 9.73. The van der Waals surface area contributed by atoms with E-state index in [1.54, 1.807) is 33.3 Å².